The standard InChI is InChI=1S/C37H47IN4O7S/c1-24(2)33(42-21-28-8-4-5-9-30(28)36(42)45)37(46)41-22-29(43)19-31(41)35(44)39-20-27-11-10-26(34-25(3)40-23-50-34)18-32(27)49-15-7-14-48-17-16-47-13-6-12-38/h4-5,8-11,18,23-24,29,31,33,43H,6-7,12-17,19-22H2,1-3H3,(H,39,44)/t29-,31+,33?/m1/s1. The van der Waals surface area contributed by atoms with Crippen molar-refractivity contribution in [1.29, 1.82) is 0 Å². The Bertz CT molecular complexity index is 1620. The Kier molecular flexibility index (Phi) is 14.0. The third-order valence-corrected chi connectivity index (χ3v) is 10.7. The van der Waals surface area contributed by atoms with Crippen LogP contribution in [0.25, 0.3) is 10.4 Å². The number of halogens is 1. The van der Waals surface area contributed by atoms with Gasteiger partial charge in [0.25, 0.3) is 5.91 Å². The van der Waals surface area contributed by atoms with E-state index >= 15 is 0 Å². The van der Waals surface area contributed by atoms with Crippen molar-refractivity contribution in [1.82, 2.24) is 20.1 Å². The number of hydrogen-bond acceptors (Lipinski definition) is 9. The molecule has 3 atom stereocenters. The van der Waals surface area contributed by atoms with E-state index in [9.17, 15) is 19.5 Å². The number of aliphatic hydroxyl groups excluding tert-OH is 1. The summed E-state index contributed by atoms with van der Waals surface area (Å²) in [5, 5.41) is 13.6. The van der Waals surface area contributed by atoms with Crippen molar-refractivity contribution < 1.29 is 33.7 Å². The van der Waals surface area contributed by atoms with Crippen LogP contribution in [0, 0.1) is 12.8 Å². The topological polar surface area (TPSA) is 131 Å². The molecule has 11 nitrogen and oxygen atoms in total. The van der Waals surface area contributed by atoms with Crippen LogP contribution in [0.3, 0.4) is 0 Å². The molecule has 50 heavy (non-hydrogen) atoms. The van der Waals surface area contributed by atoms with Gasteiger partial charge in [0.05, 0.1) is 42.0 Å². The molecule has 0 spiro atoms. The number of hydrogen-bond donors (Lipinski definition) is 2. The van der Waals surface area contributed by atoms with E-state index in [-0.39, 0.29) is 43.1 Å². The van der Waals surface area contributed by atoms with Crippen LogP contribution in [0.1, 0.15) is 60.3 Å². The highest BCUT2D eigenvalue weighted by Crippen LogP contribution is 2.33. The summed E-state index contributed by atoms with van der Waals surface area (Å²) in [6.45, 7) is 9.10. The molecule has 5 rings (SSSR count). The Morgan fingerprint density at radius 1 is 1.08 bits per heavy atom. The SMILES string of the molecule is Cc1ncsc1-c1ccc(CNC(=O)[C@@H]2C[C@@H](O)CN2C(=O)C(C(C)C)N2Cc3ccccc3C2=O)c(OCCCOCCOCCCI)c1. The molecule has 2 aliphatic heterocycles. The second-order valence-electron chi connectivity index (χ2n) is 13.0. The number of aryl methyl sites for hydroxylation is 1. The largest absolute Gasteiger partial charge is 0.493 e. The van der Waals surface area contributed by atoms with Gasteiger partial charge in [0, 0.05) is 61.2 Å². The number of aromatic nitrogens is 1. The van der Waals surface area contributed by atoms with Gasteiger partial charge in [0.2, 0.25) is 11.8 Å². The van der Waals surface area contributed by atoms with Crippen LogP contribution in [0.4, 0.5) is 0 Å². The van der Waals surface area contributed by atoms with Crippen LogP contribution in [-0.4, -0.2) is 99.8 Å². The maximum atomic E-state index is 14.1. The lowest BCUT2D eigenvalue weighted by Crippen LogP contribution is -2.55. The minimum atomic E-state index is -0.870. The number of nitrogens with zero attached hydrogens (tertiary/aromatic N) is 3. The number of ether oxygens (including phenoxy) is 3. The third-order valence-electron chi connectivity index (χ3n) is 8.95. The Morgan fingerprint density at radius 2 is 1.84 bits per heavy atom. The first-order chi connectivity index (χ1) is 24.2. The molecule has 2 aliphatic rings. The highest BCUT2D eigenvalue weighted by atomic mass is 127. The number of β-amino-alcohol motifs (C(OH)–C–C–N with tert-alkyl or cyclic N) is 1. The Morgan fingerprint density at radius 3 is 2.54 bits per heavy atom. The van der Waals surface area contributed by atoms with Gasteiger partial charge < -0.3 is 34.4 Å². The van der Waals surface area contributed by atoms with Crippen LogP contribution in [0.15, 0.2) is 48.0 Å². The van der Waals surface area contributed by atoms with Crippen LogP contribution >= 0.6 is 33.9 Å². The van der Waals surface area contributed by atoms with E-state index in [2.05, 4.69) is 32.9 Å². The average molecular weight is 819 g/mol. The number of aliphatic hydroxyl groups is 1. The van der Waals surface area contributed by atoms with E-state index in [1.807, 2.05) is 62.7 Å². The van der Waals surface area contributed by atoms with E-state index in [1.54, 1.807) is 22.3 Å². The fourth-order valence-electron chi connectivity index (χ4n) is 6.43. The molecule has 3 aromatic rings. The summed E-state index contributed by atoms with van der Waals surface area (Å²) in [5.74, 6) is -0.451. The normalized spacial score (nSPS) is 17.8. The highest BCUT2D eigenvalue weighted by molar-refractivity contribution is 14.1. The lowest BCUT2D eigenvalue weighted by atomic mass is 10.0. The number of alkyl halides is 1. The first-order valence-electron chi connectivity index (χ1n) is 17.2. The molecular formula is C37H47IN4O7S. The van der Waals surface area contributed by atoms with Crippen molar-refractivity contribution in [2.45, 2.75) is 71.3 Å². The number of nitrogens with one attached hydrogen (secondary N) is 1. The Labute approximate surface area is 311 Å². The molecule has 1 aromatic heterocycles. The molecule has 3 heterocycles. The number of amides is 3. The van der Waals surface area contributed by atoms with Gasteiger partial charge in [0.1, 0.15) is 17.8 Å². The van der Waals surface area contributed by atoms with Crippen LogP contribution in [0.2, 0.25) is 0 Å². The first kappa shape index (κ1) is 38.1. The van der Waals surface area contributed by atoms with Crippen molar-refractivity contribution in [3.05, 3.63) is 70.4 Å². The smallest absolute Gasteiger partial charge is 0.255 e. The zero-order valence-electron chi connectivity index (χ0n) is 28.9. The van der Waals surface area contributed by atoms with E-state index in [0.717, 1.165) is 44.7 Å². The summed E-state index contributed by atoms with van der Waals surface area (Å²) in [7, 11) is 0. The van der Waals surface area contributed by atoms with Gasteiger partial charge in [-0.2, -0.15) is 0 Å². The molecule has 1 saturated heterocycles. The maximum Gasteiger partial charge on any atom is 0.255 e. The summed E-state index contributed by atoms with van der Waals surface area (Å²) in [6.07, 6.45) is 0.986. The monoisotopic (exact) mass is 818 g/mol. The van der Waals surface area contributed by atoms with Crippen LogP contribution in [0.5, 0.6) is 5.75 Å². The van der Waals surface area contributed by atoms with Crippen molar-refractivity contribution in [2.75, 3.05) is 44.0 Å². The molecule has 0 aliphatic carbocycles. The van der Waals surface area contributed by atoms with Gasteiger partial charge in [-0.1, -0.05) is 66.8 Å². The fourth-order valence-corrected chi connectivity index (χ4v) is 7.55. The molecule has 0 bridgehead atoms. The summed E-state index contributed by atoms with van der Waals surface area (Å²) in [6, 6.07) is 11.6. The predicted octanol–water partition coefficient (Wildman–Crippen LogP) is 5.00. The summed E-state index contributed by atoms with van der Waals surface area (Å²) >= 11 is 3.89. The quantitative estimate of drug-likeness (QED) is 0.104. The number of benzene rings is 2. The second kappa shape index (κ2) is 18.4. The van der Waals surface area contributed by atoms with E-state index in [0.29, 0.717) is 50.7 Å². The van der Waals surface area contributed by atoms with E-state index in [1.165, 1.54) is 4.90 Å². The fraction of sp³-hybridized carbons (Fsp3) is 0.514. The molecular weight excluding hydrogens is 771 g/mol. The van der Waals surface area contributed by atoms with Crippen molar-refractivity contribution in [3.63, 3.8) is 0 Å². The number of fused-ring (bicyclic) bond motifs is 1. The zero-order valence-corrected chi connectivity index (χ0v) is 31.9. The van der Waals surface area contributed by atoms with Gasteiger partial charge >= 0.3 is 0 Å². The third kappa shape index (κ3) is 9.40. The van der Waals surface area contributed by atoms with Crippen molar-refractivity contribution in [2.24, 2.45) is 5.92 Å². The number of likely N-dealkylation sites (tertiary alicyclic amines) is 1. The number of thiazole rings is 1. The minimum Gasteiger partial charge on any atom is -0.493 e. The molecule has 0 saturated carbocycles. The number of carbonyl (C=O) groups is 3. The molecule has 2 N–H and O–H groups in total. The zero-order chi connectivity index (χ0) is 35.6. The van der Waals surface area contributed by atoms with Gasteiger partial charge in [-0.05, 0) is 42.5 Å². The Hall–Kier alpha value is -3.11. The molecule has 1 unspecified atom stereocenters. The van der Waals surface area contributed by atoms with Crippen LogP contribution < -0.4 is 10.1 Å². The van der Waals surface area contributed by atoms with Gasteiger partial charge in [-0.25, -0.2) is 4.98 Å². The van der Waals surface area contributed by atoms with Crippen molar-refractivity contribution >= 4 is 51.6 Å². The van der Waals surface area contributed by atoms with Crippen LogP contribution in [-0.2, 0) is 32.2 Å². The minimum absolute atomic E-state index is 0.0268. The lowest BCUT2D eigenvalue weighted by molar-refractivity contribution is -0.143. The molecule has 2 aromatic carbocycles. The molecule has 270 valence electrons. The van der Waals surface area contributed by atoms with Gasteiger partial charge in [-0.3, -0.25) is 14.4 Å². The predicted molar refractivity (Wildman–Crippen MR) is 200 cm³/mol. The summed E-state index contributed by atoms with van der Waals surface area (Å²) in [4.78, 5) is 49.6. The maximum absolute atomic E-state index is 14.1. The molecule has 3 amide bonds. The second-order valence-corrected chi connectivity index (χ2v) is 14.9. The Balaban J connectivity index is 1.23. The van der Waals surface area contributed by atoms with Gasteiger partial charge in [0.15, 0.2) is 0 Å². The summed E-state index contributed by atoms with van der Waals surface area (Å²) < 4.78 is 18.6. The average Bonchev–Trinajstić information content (AvgIpc) is 3.81. The number of carbonyl (C=O) groups excluding carboxylic acids is 3. The number of rotatable bonds is 18. The lowest BCUT2D eigenvalue weighted by Gasteiger charge is -2.35. The van der Waals surface area contributed by atoms with Crippen molar-refractivity contribution in [3.8, 4) is 16.2 Å². The van der Waals surface area contributed by atoms with E-state index in [4.69, 9.17) is 14.2 Å². The molecule has 0 radical (unpaired) electrons. The van der Waals surface area contributed by atoms with E-state index < -0.39 is 18.2 Å². The summed E-state index contributed by atoms with van der Waals surface area (Å²) in [5.41, 5.74) is 5.97. The molecule has 13 heteroatoms. The first-order valence-corrected chi connectivity index (χ1v) is 19.6. The highest BCUT2D eigenvalue weighted by Gasteiger charge is 2.45. The van der Waals surface area contributed by atoms with Gasteiger partial charge in [-0.15, -0.1) is 11.3 Å². The molecule has 1 fully saturated rings.